The zero-order chi connectivity index (χ0) is 18.6. The molecule has 0 unspecified atom stereocenters. The number of hydrogen-bond donors (Lipinski definition) is 2. The molecule has 0 bridgehead atoms. The van der Waals surface area contributed by atoms with Crippen LogP contribution in [-0.2, 0) is 5.60 Å². The van der Waals surface area contributed by atoms with Gasteiger partial charge >= 0.3 is 0 Å². The lowest BCUT2D eigenvalue weighted by Gasteiger charge is -2.34. The van der Waals surface area contributed by atoms with Crippen LogP contribution in [-0.4, -0.2) is 20.1 Å². The van der Waals surface area contributed by atoms with Gasteiger partial charge in [-0.1, -0.05) is 35.4 Å². The van der Waals surface area contributed by atoms with Crippen LogP contribution in [0.3, 0.4) is 0 Å². The molecule has 4 nitrogen and oxygen atoms in total. The van der Waals surface area contributed by atoms with Gasteiger partial charge in [-0.25, -0.2) is 9.97 Å². The summed E-state index contributed by atoms with van der Waals surface area (Å²) in [5.74, 6) is 0. The molecular weight excluding hydrogens is 378 g/mol. The first kappa shape index (κ1) is 16.9. The monoisotopic (exact) mass is 395 g/mol. The lowest BCUT2D eigenvalue weighted by atomic mass is 9.81. The second kappa shape index (κ2) is 6.16. The lowest BCUT2D eigenvalue weighted by Crippen LogP contribution is -2.33. The number of aromatic nitrogens is 3. The number of hydrogen-bond acceptors (Lipinski definition) is 4. The maximum absolute atomic E-state index is 10.6. The molecule has 1 saturated carbocycles. The van der Waals surface area contributed by atoms with E-state index in [1.54, 1.807) is 6.20 Å². The predicted molar refractivity (Wildman–Crippen MR) is 110 cm³/mol. The number of aromatic amines is 1. The van der Waals surface area contributed by atoms with Crippen LogP contribution in [0.5, 0.6) is 0 Å². The molecule has 2 N–H and O–H groups in total. The SMILES string of the molecule is Cc1cccc(-c2cc3c(-c4cnc(C5(O)CCC5)s4)c(Cl)cnc3[nH]2)c1. The minimum Gasteiger partial charge on any atom is -0.383 e. The summed E-state index contributed by atoms with van der Waals surface area (Å²) in [5, 5.41) is 12.9. The summed E-state index contributed by atoms with van der Waals surface area (Å²) in [6.45, 7) is 2.08. The van der Waals surface area contributed by atoms with Crippen LogP contribution in [0.15, 0.2) is 42.7 Å². The highest BCUT2D eigenvalue weighted by atomic mass is 35.5. The van der Waals surface area contributed by atoms with E-state index in [0.717, 1.165) is 57.0 Å². The van der Waals surface area contributed by atoms with Gasteiger partial charge in [0.1, 0.15) is 16.3 Å². The summed E-state index contributed by atoms with van der Waals surface area (Å²) in [6.07, 6.45) is 6.09. The number of benzene rings is 1. The molecule has 3 aromatic heterocycles. The second-order valence-corrected chi connectivity index (χ2v) is 8.65. The van der Waals surface area contributed by atoms with Crippen molar-refractivity contribution in [2.45, 2.75) is 31.8 Å². The molecule has 1 aliphatic carbocycles. The Hall–Kier alpha value is -2.21. The van der Waals surface area contributed by atoms with Crippen molar-refractivity contribution < 1.29 is 5.11 Å². The van der Waals surface area contributed by atoms with Crippen LogP contribution in [0.25, 0.3) is 32.7 Å². The number of nitrogens with zero attached hydrogens (tertiary/aromatic N) is 2. The molecule has 1 aliphatic rings. The standard InChI is InChI=1S/C21H18ClN3OS/c1-12-4-2-5-13(8-12)16-9-14-18(15(22)10-23-19(14)25-16)17-11-24-20(27-17)21(26)6-3-7-21/h2,4-5,8-11,26H,3,6-7H2,1H3,(H,23,25). The van der Waals surface area contributed by atoms with Gasteiger partial charge < -0.3 is 10.1 Å². The topological polar surface area (TPSA) is 61.8 Å². The van der Waals surface area contributed by atoms with Gasteiger partial charge in [-0.15, -0.1) is 11.3 Å². The highest BCUT2D eigenvalue weighted by molar-refractivity contribution is 7.15. The van der Waals surface area contributed by atoms with E-state index in [2.05, 4.69) is 46.1 Å². The molecule has 0 radical (unpaired) electrons. The van der Waals surface area contributed by atoms with Crippen LogP contribution in [0.2, 0.25) is 5.02 Å². The zero-order valence-corrected chi connectivity index (χ0v) is 16.4. The fraction of sp³-hybridized carbons (Fsp3) is 0.238. The van der Waals surface area contributed by atoms with Gasteiger partial charge in [0.15, 0.2) is 0 Å². The average molecular weight is 396 g/mol. The number of aryl methyl sites for hydroxylation is 1. The fourth-order valence-corrected chi connectivity index (χ4v) is 5.04. The number of rotatable bonds is 3. The molecule has 136 valence electrons. The lowest BCUT2D eigenvalue weighted by molar-refractivity contribution is -0.0389. The van der Waals surface area contributed by atoms with Crippen molar-refractivity contribution in [1.82, 2.24) is 15.0 Å². The zero-order valence-electron chi connectivity index (χ0n) is 14.8. The minimum absolute atomic E-state index is 0.591. The Morgan fingerprint density at radius 2 is 2.04 bits per heavy atom. The maximum Gasteiger partial charge on any atom is 0.138 e. The number of aliphatic hydroxyl groups is 1. The first-order valence-corrected chi connectivity index (χ1v) is 10.2. The molecule has 6 heteroatoms. The highest BCUT2D eigenvalue weighted by Crippen LogP contribution is 2.46. The van der Waals surface area contributed by atoms with Gasteiger partial charge in [-0.3, -0.25) is 0 Å². The normalized spacial score (nSPS) is 15.8. The van der Waals surface area contributed by atoms with Crippen molar-refractivity contribution in [2.24, 2.45) is 0 Å². The van der Waals surface area contributed by atoms with Gasteiger partial charge in [-0.05, 0) is 43.9 Å². The molecule has 0 amide bonds. The number of pyridine rings is 1. The van der Waals surface area contributed by atoms with E-state index in [9.17, 15) is 5.11 Å². The molecule has 1 aromatic carbocycles. The van der Waals surface area contributed by atoms with Gasteiger partial charge in [0.05, 0.1) is 9.90 Å². The van der Waals surface area contributed by atoms with Crippen LogP contribution in [0, 0.1) is 6.92 Å². The molecule has 0 atom stereocenters. The van der Waals surface area contributed by atoms with E-state index < -0.39 is 5.60 Å². The first-order valence-electron chi connectivity index (χ1n) is 8.97. The van der Waals surface area contributed by atoms with E-state index in [1.165, 1.54) is 16.9 Å². The minimum atomic E-state index is -0.758. The molecule has 0 aliphatic heterocycles. The summed E-state index contributed by atoms with van der Waals surface area (Å²) < 4.78 is 0. The Balaban J connectivity index is 1.65. The van der Waals surface area contributed by atoms with Crippen molar-refractivity contribution >= 4 is 34.0 Å². The number of H-pyrrole nitrogens is 1. The summed E-state index contributed by atoms with van der Waals surface area (Å²) in [7, 11) is 0. The molecule has 3 heterocycles. The largest absolute Gasteiger partial charge is 0.383 e. The number of fused-ring (bicyclic) bond motifs is 1. The summed E-state index contributed by atoms with van der Waals surface area (Å²) in [6, 6.07) is 10.4. The molecule has 27 heavy (non-hydrogen) atoms. The van der Waals surface area contributed by atoms with Crippen molar-refractivity contribution in [1.29, 1.82) is 0 Å². The highest BCUT2D eigenvalue weighted by Gasteiger charge is 2.39. The van der Waals surface area contributed by atoms with Gasteiger partial charge in [0, 0.05) is 29.0 Å². The summed E-state index contributed by atoms with van der Waals surface area (Å²) in [4.78, 5) is 13.3. The molecule has 0 spiro atoms. The third-order valence-electron chi connectivity index (χ3n) is 5.27. The molecule has 0 saturated heterocycles. The van der Waals surface area contributed by atoms with E-state index in [4.69, 9.17) is 11.6 Å². The Kier molecular flexibility index (Phi) is 3.86. The van der Waals surface area contributed by atoms with E-state index >= 15 is 0 Å². The number of halogens is 1. The number of thiazole rings is 1. The molecular formula is C21H18ClN3OS. The Morgan fingerprint density at radius 1 is 1.19 bits per heavy atom. The Labute approximate surface area is 165 Å². The van der Waals surface area contributed by atoms with Crippen LogP contribution in [0.4, 0.5) is 0 Å². The second-order valence-electron chi connectivity index (χ2n) is 7.21. The fourth-order valence-electron chi connectivity index (χ4n) is 3.60. The average Bonchev–Trinajstić information content (AvgIpc) is 3.27. The molecule has 1 fully saturated rings. The van der Waals surface area contributed by atoms with Gasteiger partial charge in [-0.2, -0.15) is 0 Å². The first-order chi connectivity index (χ1) is 13.0. The summed E-state index contributed by atoms with van der Waals surface area (Å²) >= 11 is 8.05. The predicted octanol–water partition coefficient (Wildman–Crippen LogP) is 5.69. The molecule has 5 rings (SSSR count). The molecule has 4 aromatic rings. The smallest absolute Gasteiger partial charge is 0.138 e. The third-order valence-corrected chi connectivity index (χ3v) is 6.77. The van der Waals surface area contributed by atoms with Crippen molar-refractivity contribution in [3.05, 3.63) is 58.3 Å². The van der Waals surface area contributed by atoms with Gasteiger partial charge in [0.2, 0.25) is 0 Å². The number of nitrogens with one attached hydrogen (secondary N) is 1. The van der Waals surface area contributed by atoms with Crippen LogP contribution >= 0.6 is 22.9 Å². The van der Waals surface area contributed by atoms with E-state index in [0.29, 0.717) is 5.02 Å². The Bertz CT molecular complexity index is 1160. The quantitative estimate of drug-likeness (QED) is 0.468. The van der Waals surface area contributed by atoms with Gasteiger partial charge in [0.25, 0.3) is 0 Å². The third kappa shape index (κ3) is 2.78. The Morgan fingerprint density at radius 3 is 2.78 bits per heavy atom. The van der Waals surface area contributed by atoms with Crippen molar-refractivity contribution in [3.8, 4) is 21.7 Å². The van der Waals surface area contributed by atoms with Crippen LogP contribution in [0.1, 0.15) is 29.8 Å². The summed E-state index contributed by atoms with van der Waals surface area (Å²) in [5.41, 5.74) is 4.28. The maximum atomic E-state index is 10.6. The van der Waals surface area contributed by atoms with Crippen molar-refractivity contribution in [2.75, 3.05) is 0 Å². The van der Waals surface area contributed by atoms with Crippen molar-refractivity contribution in [3.63, 3.8) is 0 Å². The van der Waals surface area contributed by atoms with E-state index in [-0.39, 0.29) is 0 Å². The van der Waals surface area contributed by atoms with E-state index in [1.807, 2.05) is 12.3 Å². The van der Waals surface area contributed by atoms with Crippen LogP contribution < -0.4 is 0 Å².